The summed E-state index contributed by atoms with van der Waals surface area (Å²) in [6.07, 6.45) is 3.21. The van der Waals surface area contributed by atoms with Crippen molar-refractivity contribution in [1.29, 1.82) is 0 Å². The number of halogens is 1. The Labute approximate surface area is 129 Å². The zero-order valence-corrected chi connectivity index (χ0v) is 12.9. The van der Waals surface area contributed by atoms with E-state index < -0.39 is 12.0 Å². The summed E-state index contributed by atoms with van der Waals surface area (Å²) < 4.78 is 0. The third-order valence-corrected chi connectivity index (χ3v) is 4.38. The van der Waals surface area contributed by atoms with Gasteiger partial charge in [-0.25, -0.2) is 4.79 Å². The molecule has 4 nitrogen and oxygen atoms in total. The van der Waals surface area contributed by atoms with Gasteiger partial charge in [0.1, 0.15) is 6.04 Å². The molecule has 1 aliphatic heterocycles. The van der Waals surface area contributed by atoms with Crippen LogP contribution < -0.4 is 0 Å². The van der Waals surface area contributed by atoms with Crippen LogP contribution in [0.4, 0.5) is 0 Å². The minimum absolute atomic E-state index is 0.0844. The van der Waals surface area contributed by atoms with Crippen molar-refractivity contribution >= 4 is 23.5 Å². The Hall–Kier alpha value is -1.55. The van der Waals surface area contributed by atoms with Crippen molar-refractivity contribution in [1.82, 2.24) is 4.90 Å². The highest BCUT2D eigenvalue weighted by Gasteiger charge is 2.31. The minimum atomic E-state index is -0.901. The van der Waals surface area contributed by atoms with Gasteiger partial charge in [0.2, 0.25) is 5.91 Å². The van der Waals surface area contributed by atoms with Gasteiger partial charge in [-0.2, -0.15) is 0 Å². The zero-order valence-electron chi connectivity index (χ0n) is 12.1. The van der Waals surface area contributed by atoms with Gasteiger partial charge in [0.15, 0.2) is 0 Å². The Balaban J connectivity index is 1.96. The molecule has 0 radical (unpaired) electrons. The molecule has 2 rings (SSSR count). The summed E-state index contributed by atoms with van der Waals surface area (Å²) in [5, 5.41) is 9.89. The normalized spacial score (nSPS) is 18.6. The molecule has 1 atom stereocenters. The van der Waals surface area contributed by atoms with Gasteiger partial charge in [0.05, 0.1) is 0 Å². The van der Waals surface area contributed by atoms with Gasteiger partial charge in [0.25, 0.3) is 0 Å². The van der Waals surface area contributed by atoms with E-state index in [9.17, 15) is 14.7 Å². The molecule has 1 aromatic carbocycles. The lowest BCUT2D eigenvalue weighted by molar-refractivity contribution is -0.152. The summed E-state index contributed by atoms with van der Waals surface area (Å²) in [6.45, 7) is 2.48. The minimum Gasteiger partial charge on any atom is -0.480 e. The topological polar surface area (TPSA) is 57.6 Å². The molecule has 1 unspecified atom stereocenters. The Morgan fingerprint density at radius 2 is 2.14 bits per heavy atom. The highest BCUT2D eigenvalue weighted by Crippen LogP contribution is 2.20. The number of carboxylic acids is 1. The van der Waals surface area contributed by atoms with Gasteiger partial charge in [0, 0.05) is 18.0 Å². The maximum Gasteiger partial charge on any atom is 0.326 e. The number of aliphatic carboxylic acids is 1. The molecule has 1 aromatic rings. The van der Waals surface area contributed by atoms with E-state index in [1.807, 2.05) is 25.1 Å². The van der Waals surface area contributed by atoms with Crippen molar-refractivity contribution in [3.8, 4) is 0 Å². The number of hydrogen-bond acceptors (Lipinski definition) is 2. The van der Waals surface area contributed by atoms with Crippen molar-refractivity contribution < 1.29 is 14.7 Å². The van der Waals surface area contributed by atoms with Crippen LogP contribution >= 0.6 is 11.6 Å². The molecule has 1 fully saturated rings. The second kappa shape index (κ2) is 6.94. The Morgan fingerprint density at radius 3 is 2.81 bits per heavy atom. The summed E-state index contributed by atoms with van der Waals surface area (Å²) in [5.41, 5.74) is 2.01. The molecule has 1 saturated heterocycles. The highest BCUT2D eigenvalue weighted by molar-refractivity contribution is 6.31. The van der Waals surface area contributed by atoms with E-state index in [1.54, 1.807) is 0 Å². The molecular weight excluding hydrogens is 290 g/mol. The molecule has 0 spiro atoms. The Bertz CT molecular complexity index is 544. The molecule has 114 valence electrons. The number of hydrogen-bond donors (Lipinski definition) is 1. The predicted octanol–water partition coefficient (Wildman–Crippen LogP) is 3.05. The molecule has 0 aliphatic carbocycles. The summed E-state index contributed by atoms with van der Waals surface area (Å²) in [5.74, 6) is -0.986. The lowest BCUT2D eigenvalue weighted by atomic mass is 10.0. The van der Waals surface area contributed by atoms with Crippen LogP contribution in [0.1, 0.15) is 36.8 Å². The van der Waals surface area contributed by atoms with E-state index in [4.69, 9.17) is 11.6 Å². The number of carbonyl (C=O) groups is 2. The van der Waals surface area contributed by atoms with Gasteiger partial charge in [-0.15, -0.1) is 0 Å². The fraction of sp³-hybridized carbons (Fsp3) is 0.500. The van der Waals surface area contributed by atoms with Gasteiger partial charge in [-0.3, -0.25) is 4.79 Å². The summed E-state index contributed by atoms with van der Waals surface area (Å²) in [4.78, 5) is 25.0. The third kappa shape index (κ3) is 3.97. The van der Waals surface area contributed by atoms with E-state index in [1.165, 1.54) is 4.90 Å². The first-order chi connectivity index (χ1) is 9.99. The second-order valence-electron chi connectivity index (χ2n) is 5.52. The quantitative estimate of drug-likeness (QED) is 0.930. The van der Waals surface area contributed by atoms with Crippen LogP contribution in [0.3, 0.4) is 0 Å². The smallest absolute Gasteiger partial charge is 0.326 e. The van der Waals surface area contributed by atoms with Crippen LogP contribution in [0, 0.1) is 6.92 Å². The number of benzene rings is 1. The van der Waals surface area contributed by atoms with Gasteiger partial charge in [-0.1, -0.05) is 23.7 Å². The van der Waals surface area contributed by atoms with E-state index >= 15 is 0 Å². The second-order valence-corrected chi connectivity index (χ2v) is 5.93. The largest absolute Gasteiger partial charge is 0.480 e. The van der Waals surface area contributed by atoms with Crippen LogP contribution in [0.2, 0.25) is 5.02 Å². The zero-order chi connectivity index (χ0) is 15.4. The summed E-state index contributed by atoms with van der Waals surface area (Å²) in [7, 11) is 0. The van der Waals surface area contributed by atoms with Crippen molar-refractivity contribution in [3.63, 3.8) is 0 Å². The molecule has 21 heavy (non-hydrogen) atoms. The summed E-state index contributed by atoms with van der Waals surface area (Å²) >= 11 is 6.07. The maximum atomic E-state index is 12.3. The molecule has 0 aromatic heterocycles. The molecule has 1 amide bonds. The first kappa shape index (κ1) is 15.8. The van der Waals surface area contributed by atoms with Gasteiger partial charge < -0.3 is 10.0 Å². The van der Waals surface area contributed by atoms with Crippen LogP contribution in [0.25, 0.3) is 0 Å². The van der Waals surface area contributed by atoms with Crippen LogP contribution in [-0.2, 0) is 16.0 Å². The van der Waals surface area contributed by atoms with Crippen LogP contribution in [0.15, 0.2) is 18.2 Å². The van der Waals surface area contributed by atoms with Crippen LogP contribution in [-0.4, -0.2) is 34.5 Å². The van der Waals surface area contributed by atoms with E-state index in [2.05, 4.69) is 0 Å². The van der Waals surface area contributed by atoms with Crippen molar-refractivity contribution in [3.05, 3.63) is 34.3 Å². The molecule has 1 aliphatic rings. The van der Waals surface area contributed by atoms with E-state index in [0.717, 1.165) is 24.0 Å². The number of aryl methyl sites for hydroxylation is 2. The number of carboxylic acid groups (broad SMARTS) is 1. The monoisotopic (exact) mass is 309 g/mol. The number of amides is 1. The fourth-order valence-electron chi connectivity index (χ4n) is 2.67. The molecule has 5 heteroatoms. The lowest BCUT2D eigenvalue weighted by Gasteiger charge is -2.33. The van der Waals surface area contributed by atoms with Gasteiger partial charge >= 0.3 is 5.97 Å². The van der Waals surface area contributed by atoms with Crippen molar-refractivity contribution in [2.45, 2.75) is 45.1 Å². The predicted molar refractivity (Wildman–Crippen MR) is 81.5 cm³/mol. The Kier molecular flexibility index (Phi) is 5.23. The number of carbonyl (C=O) groups excluding carboxylic acids is 1. The Morgan fingerprint density at radius 1 is 1.38 bits per heavy atom. The molecule has 1 heterocycles. The standard InChI is InChI=1S/C16H20ClNO3/c1-11-5-6-12(10-13(11)17)7-8-15(19)18-9-3-2-4-14(18)16(20)21/h5-6,10,14H,2-4,7-9H2,1H3,(H,20,21). The maximum absolute atomic E-state index is 12.3. The lowest BCUT2D eigenvalue weighted by Crippen LogP contribution is -2.48. The highest BCUT2D eigenvalue weighted by atomic mass is 35.5. The van der Waals surface area contributed by atoms with Gasteiger partial charge in [-0.05, 0) is 49.8 Å². The van der Waals surface area contributed by atoms with E-state index in [-0.39, 0.29) is 5.91 Å². The SMILES string of the molecule is Cc1ccc(CCC(=O)N2CCCCC2C(=O)O)cc1Cl. The molecule has 0 bridgehead atoms. The average molecular weight is 310 g/mol. The molecular formula is C16H20ClNO3. The summed E-state index contributed by atoms with van der Waals surface area (Å²) in [6, 6.07) is 5.10. The van der Waals surface area contributed by atoms with E-state index in [0.29, 0.717) is 30.8 Å². The molecule has 1 N–H and O–H groups in total. The van der Waals surface area contributed by atoms with Crippen molar-refractivity contribution in [2.24, 2.45) is 0 Å². The first-order valence-electron chi connectivity index (χ1n) is 7.26. The fourth-order valence-corrected chi connectivity index (χ4v) is 2.88. The average Bonchev–Trinajstić information content (AvgIpc) is 2.48. The number of nitrogens with zero attached hydrogens (tertiary/aromatic N) is 1. The van der Waals surface area contributed by atoms with Crippen LogP contribution in [0.5, 0.6) is 0 Å². The number of rotatable bonds is 4. The van der Waals surface area contributed by atoms with Crippen molar-refractivity contribution in [2.75, 3.05) is 6.54 Å². The number of piperidine rings is 1. The molecule has 0 saturated carbocycles. The third-order valence-electron chi connectivity index (χ3n) is 3.97. The first-order valence-corrected chi connectivity index (χ1v) is 7.64. The number of likely N-dealkylation sites (tertiary alicyclic amines) is 1.